The number of ether oxygens (including phenoxy) is 3. The van der Waals surface area contributed by atoms with Gasteiger partial charge in [-0.2, -0.15) is 4.98 Å². The zero-order valence-corrected chi connectivity index (χ0v) is 20.7. The minimum atomic E-state index is -1.39. The molecule has 0 saturated carbocycles. The van der Waals surface area contributed by atoms with Crippen molar-refractivity contribution in [3.05, 3.63) is 71.3 Å². The Morgan fingerprint density at radius 3 is 2.41 bits per heavy atom. The Bertz CT molecular complexity index is 1280. The van der Waals surface area contributed by atoms with Crippen molar-refractivity contribution in [2.75, 3.05) is 6.61 Å². The Morgan fingerprint density at radius 1 is 1.03 bits per heavy atom. The summed E-state index contributed by atoms with van der Waals surface area (Å²) in [7, 11) is 0. The van der Waals surface area contributed by atoms with Crippen molar-refractivity contribution in [1.82, 2.24) is 4.98 Å². The fourth-order valence-corrected chi connectivity index (χ4v) is 3.50. The number of hydrogen-bond acceptors (Lipinski definition) is 7. The third-order valence-corrected chi connectivity index (χ3v) is 5.21. The van der Waals surface area contributed by atoms with Crippen LogP contribution in [0.15, 0.2) is 48.5 Å². The van der Waals surface area contributed by atoms with E-state index in [-0.39, 0.29) is 30.3 Å². The summed E-state index contributed by atoms with van der Waals surface area (Å²) in [6, 6.07) is 12.2. The minimum absolute atomic E-state index is 0.0135. The molecule has 0 aliphatic heterocycles. The fraction of sp³-hybridized carbons (Fsp3) is 0.296. The van der Waals surface area contributed by atoms with E-state index in [1.54, 1.807) is 45.0 Å². The Morgan fingerprint density at radius 2 is 1.76 bits per heavy atom. The molecule has 1 unspecified atom stereocenters. The monoisotopic (exact) mass is 514 g/mol. The first-order valence-corrected chi connectivity index (χ1v) is 11.7. The summed E-state index contributed by atoms with van der Waals surface area (Å²) in [6.07, 6.45) is -1.31. The summed E-state index contributed by atoms with van der Waals surface area (Å²) < 4.78 is 45.0. The highest BCUT2D eigenvalue weighted by Crippen LogP contribution is 2.32. The predicted molar refractivity (Wildman–Crippen MR) is 131 cm³/mol. The lowest BCUT2D eigenvalue weighted by atomic mass is 10.0. The van der Waals surface area contributed by atoms with Gasteiger partial charge >= 0.3 is 11.9 Å². The molecule has 3 aromatic rings. The van der Waals surface area contributed by atoms with Gasteiger partial charge in [0.1, 0.15) is 5.75 Å². The Balaban J connectivity index is 2.02. The molecule has 1 heterocycles. The molecule has 0 amide bonds. The third-order valence-electron chi connectivity index (χ3n) is 5.21. The molecule has 0 fully saturated rings. The van der Waals surface area contributed by atoms with E-state index >= 15 is 0 Å². The quantitative estimate of drug-likeness (QED) is 0.329. The molecule has 0 radical (unpaired) electrons. The number of benzene rings is 2. The average molecular weight is 515 g/mol. The van der Waals surface area contributed by atoms with E-state index in [0.717, 1.165) is 5.56 Å². The lowest BCUT2D eigenvalue weighted by Crippen LogP contribution is -2.29. The maximum absolute atomic E-state index is 14.6. The van der Waals surface area contributed by atoms with E-state index in [1.807, 2.05) is 12.1 Å². The Hall–Kier alpha value is -4.05. The predicted octanol–water partition coefficient (Wildman–Crippen LogP) is 5.33. The van der Waals surface area contributed by atoms with Crippen molar-refractivity contribution < 1.29 is 37.7 Å². The lowest BCUT2D eigenvalue weighted by molar-refractivity contribution is -0.146. The molecule has 0 aliphatic rings. The van der Waals surface area contributed by atoms with Crippen LogP contribution in [0, 0.1) is 17.6 Å². The first-order valence-electron chi connectivity index (χ1n) is 11.7. The van der Waals surface area contributed by atoms with Gasteiger partial charge in [0, 0.05) is 12.6 Å². The van der Waals surface area contributed by atoms with Crippen LogP contribution in [-0.4, -0.2) is 34.7 Å². The number of nitrogens with zero attached hydrogens (tertiary/aromatic N) is 1. The zero-order chi connectivity index (χ0) is 27.1. The highest BCUT2D eigenvalue weighted by Gasteiger charge is 2.25. The van der Waals surface area contributed by atoms with E-state index in [2.05, 4.69) is 4.98 Å². The van der Waals surface area contributed by atoms with E-state index in [1.165, 1.54) is 6.07 Å². The molecule has 0 aliphatic carbocycles. The van der Waals surface area contributed by atoms with Gasteiger partial charge in [0.15, 0.2) is 17.7 Å². The topological polar surface area (TPSA) is 121 Å². The standard InChI is InChI=1S/C27H28F2N2O6/c1-4-35-27(34)19-10-18(17-7-5-6-16(9-17)14-30)11-20(12-19)36-24-21(28)13-22(29)25(31-24)37-23(26(32)33)8-15(2)3/h5-7,9-13,15,23H,4,8,14,30H2,1-3H3,(H,32,33). The number of rotatable bonds is 11. The van der Waals surface area contributed by atoms with E-state index in [9.17, 15) is 23.5 Å². The van der Waals surface area contributed by atoms with Gasteiger partial charge in [-0.05, 0) is 60.2 Å². The highest BCUT2D eigenvalue weighted by molar-refractivity contribution is 5.92. The molecule has 37 heavy (non-hydrogen) atoms. The van der Waals surface area contributed by atoms with Gasteiger partial charge in [-0.15, -0.1) is 0 Å². The molecule has 10 heteroatoms. The van der Waals surface area contributed by atoms with Gasteiger partial charge < -0.3 is 25.1 Å². The molecule has 3 N–H and O–H groups in total. The number of hydrogen-bond donors (Lipinski definition) is 2. The Labute approximate surface area is 213 Å². The molecular weight excluding hydrogens is 486 g/mol. The number of carbonyl (C=O) groups excluding carboxylic acids is 1. The molecule has 1 aromatic heterocycles. The second-order valence-electron chi connectivity index (χ2n) is 8.61. The van der Waals surface area contributed by atoms with Crippen LogP contribution >= 0.6 is 0 Å². The van der Waals surface area contributed by atoms with E-state index in [0.29, 0.717) is 23.7 Å². The van der Waals surface area contributed by atoms with Crippen LogP contribution in [0.2, 0.25) is 0 Å². The average Bonchev–Trinajstić information content (AvgIpc) is 2.86. The van der Waals surface area contributed by atoms with Crippen LogP contribution in [0.3, 0.4) is 0 Å². The summed E-state index contributed by atoms with van der Waals surface area (Å²) in [6.45, 7) is 5.65. The SMILES string of the molecule is CCOC(=O)c1cc(Oc2nc(OC(CC(C)C)C(=O)O)c(F)cc2F)cc(-c2cccc(CN)c2)c1. The number of aliphatic carboxylic acids is 1. The van der Waals surface area contributed by atoms with Crippen LogP contribution < -0.4 is 15.2 Å². The number of halogens is 2. The van der Waals surface area contributed by atoms with E-state index < -0.39 is 41.4 Å². The minimum Gasteiger partial charge on any atom is -0.479 e. The highest BCUT2D eigenvalue weighted by atomic mass is 19.1. The summed E-state index contributed by atoms with van der Waals surface area (Å²) in [5.74, 6) is -5.70. The number of carboxylic acids is 1. The first kappa shape index (κ1) is 27.5. The second kappa shape index (κ2) is 12.3. The number of esters is 1. The van der Waals surface area contributed by atoms with Crippen molar-refractivity contribution in [3.63, 3.8) is 0 Å². The molecule has 0 saturated heterocycles. The summed E-state index contributed by atoms with van der Waals surface area (Å²) in [5, 5.41) is 9.40. The summed E-state index contributed by atoms with van der Waals surface area (Å²) >= 11 is 0. The van der Waals surface area contributed by atoms with E-state index in [4.69, 9.17) is 19.9 Å². The normalized spacial score (nSPS) is 11.8. The summed E-state index contributed by atoms with van der Waals surface area (Å²) in [5.41, 5.74) is 8.00. The van der Waals surface area contributed by atoms with Gasteiger partial charge in [-0.1, -0.05) is 32.0 Å². The number of carboxylic acid groups (broad SMARTS) is 1. The van der Waals surface area contributed by atoms with Crippen molar-refractivity contribution in [3.8, 4) is 28.6 Å². The molecule has 196 valence electrons. The van der Waals surface area contributed by atoms with Crippen molar-refractivity contribution in [2.24, 2.45) is 11.7 Å². The molecule has 8 nitrogen and oxygen atoms in total. The molecular formula is C27H28F2N2O6. The van der Waals surface area contributed by atoms with Crippen LogP contribution in [0.5, 0.6) is 17.5 Å². The van der Waals surface area contributed by atoms with Crippen molar-refractivity contribution in [1.29, 1.82) is 0 Å². The van der Waals surface area contributed by atoms with Gasteiger partial charge in [0.25, 0.3) is 11.8 Å². The molecule has 0 spiro atoms. The number of carbonyl (C=O) groups is 2. The van der Waals surface area contributed by atoms with Gasteiger partial charge in [-0.3, -0.25) is 0 Å². The zero-order valence-electron chi connectivity index (χ0n) is 20.7. The Kier molecular flexibility index (Phi) is 9.13. The van der Waals surface area contributed by atoms with Crippen molar-refractivity contribution in [2.45, 2.75) is 39.8 Å². The maximum atomic E-state index is 14.6. The van der Waals surface area contributed by atoms with Gasteiger partial charge in [0.05, 0.1) is 12.2 Å². The van der Waals surface area contributed by atoms with Crippen LogP contribution in [-0.2, 0) is 16.1 Å². The first-order chi connectivity index (χ1) is 17.6. The van der Waals surface area contributed by atoms with Crippen LogP contribution in [0.1, 0.15) is 43.1 Å². The van der Waals surface area contributed by atoms with Gasteiger partial charge in [-0.25, -0.2) is 18.4 Å². The third kappa shape index (κ3) is 7.23. The maximum Gasteiger partial charge on any atom is 0.344 e. The van der Waals surface area contributed by atoms with Crippen LogP contribution in [0.25, 0.3) is 11.1 Å². The van der Waals surface area contributed by atoms with Crippen molar-refractivity contribution >= 4 is 11.9 Å². The van der Waals surface area contributed by atoms with Crippen LogP contribution in [0.4, 0.5) is 8.78 Å². The fourth-order valence-electron chi connectivity index (χ4n) is 3.50. The largest absolute Gasteiger partial charge is 0.479 e. The number of pyridine rings is 1. The molecule has 1 atom stereocenters. The number of nitrogens with two attached hydrogens (primary N) is 1. The number of aromatic nitrogens is 1. The molecule has 0 bridgehead atoms. The molecule has 2 aromatic carbocycles. The lowest BCUT2D eigenvalue weighted by Gasteiger charge is -2.17. The van der Waals surface area contributed by atoms with Gasteiger partial charge in [0.2, 0.25) is 0 Å². The smallest absolute Gasteiger partial charge is 0.344 e. The molecule has 3 rings (SSSR count). The summed E-state index contributed by atoms with van der Waals surface area (Å²) in [4.78, 5) is 27.8. The second-order valence-corrected chi connectivity index (χ2v) is 8.61.